The Hall–Kier alpha value is -1.22. The molecule has 1 aliphatic heterocycles. The van der Waals surface area contributed by atoms with Gasteiger partial charge in [-0.3, -0.25) is 10.1 Å². The molecule has 0 aromatic heterocycles. The van der Waals surface area contributed by atoms with Gasteiger partial charge in [-0.2, -0.15) is 0 Å². The van der Waals surface area contributed by atoms with E-state index in [1.807, 2.05) is 0 Å². The van der Waals surface area contributed by atoms with E-state index in [9.17, 15) is 18.5 Å². The van der Waals surface area contributed by atoms with Crippen molar-refractivity contribution in [2.75, 3.05) is 26.2 Å². The lowest BCUT2D eigenvalue weighted by Gasteiger charge is -2.30. The molecule has 1 heterocycles. The largest absolute Gasteiger partial charge is 0.303 e. The summed E-state index contributed by atoms with van der Waals surface area (Å²) in [7, 11) is -4.02. The fraction of sp³-hybridized carbons (Fsp3) is 0.600. The maximum atomic E-state index is 12.4. The van der Waals surface area contributed by atoms with Crippen LogP contribution < -0.4 is 4.72 Å². The highest BCUT2D eigenvalue weighted by atomic mass is 35.5. The van der Waals surface area contributed by atoms with E-state index in [2.05, 4.69) is 16.5 Å². The van der Waals surface area contributed by atoms with Crippen LogP contribution in [0.15, 0.2) is 23.1 Å². The van der Waals surface area contributed by atoms with Crippen LogP contribution in [0.25, 0.3) is 0 Å². The summed E-state index contributed by atoms with van der Waals surface area (Å²) < 4.78 is 27.2. The second-order valence-corrected chi connectivity index (χ2v) is 8.26. The van der Waals surface area contributed by atoms with Gasteiger partial charge in [0.25, 0.3) is 5.69 Å². The van der Waals surface area contributed by atoms with Gasteiger partial charge in [-0.1, -0.05) is 24.6 Å². The van der Waals surface area contributed by atoms with Gasteiger partial charge >= 0.3 is 0 Å². The van der Waals surface area contributed by atoms with Crippen molar-refractivity contribution in [1.29, 1.82) is 0 Å². The van der Waals surface area contributed by atoms with Crippen molar-refractivity contribution in [1.82, 2.24) is 9.62 Å². The molecule has 1 unspecified atom stereocenters. The number of rotatable bonds is 7. The number of hydrogen-bond donors (Lipinski definition) is 1. The number of nitrogens with zero attached hydrogens (tertiary/aromatic N) is 2. The van der Waals surface area contributed by atoms with Gasteiger partial charge < -0.3 is 4.90 Å². The predicted molar refractivity (Wildman–Crippen MR) is 92.7 cm³/mol. The number of sulfonamides is 1. The summed E-state index contributed by atoms with van der Waals surface area (Å²) in [4.78, 5) is 12.1. The first-order chi connectivity index (χ1) is 11.3. The molecule has 1 N–H and O–H groups in total. The van der Waals surface area contributed by atoms with Crippen molar-refractivity contribution in [2.24, 2.45) is 5.92 Å². The summed E-state index contributed by atoms with van der Waals surface area (Å²) in [6.45, 7) is 5.30. The lowest BCUT2D eigenvalue weighted by molar-refractivity contribution is -0.387. The first-order valence-electron chi connectivity index (χ1n) is 7.96. The molecule has 0 radical (unpaired) electrons. The highest BCUT2D eigenvalue weighted by Crippen LogP contribution is 2.30. The molecule has 1 aromatic rings. The summed E-state index contributed by atoms with van der Waals surface area (Å²) in [5, 5.41) is 10.9. The predicted octanol–water partition coefficient (Wildman–Crippen LogP) is 2.65. The summed E-state index contributed by atoms with van der Waals surface area (Å²) in [5.41, 5.74) is -0.514. The van der Waals surface area contributed by atoms with Crippen LogP contribution in [0.2, 0.25) is 5.02 Å². The first kappa shape index (κ1) is 19.1. The van der Waals surface area contributed by atoms with Gasteiger partial charge in [-0.05, 0) is 44.3 Å². The van der Waals surface area contributed by atoms with Gasteiger partial charge in [0.15, 0.2) is 4.90 Å². The SMILES string of the molecule is CC1CCCN(CCCNS(=O)(=O)c2c(Cl)cccc2[N+](=O)[O-])C1. The van der Waals surface area contributed by atoms with Crippen LogP contribution in [0.3, 0.4) is 0 Å². The zero-order valence-corrected chi connectivity index (χ0v) is 15.1. The zero-order valence-electron chi connectivity index (χ0n) is 13.6. The molecular formula is C15H22ClN3O4S. The molecule has 1 fully saturated rings. The number of hydrogen-bond acceptors (Lipinski definition) is 5. The standard InChI is InChI=1S/C15H22ClN3O4S/c1-12-5-3-9-18(11-12)10-4-8-17-24(22,23)15-13(16)6-2-7-14(15)19(20)21/h2,6-7,12,17H,3-5,8-11H2,1H3. The molecule has 1 saturated heterocycles. The zero-order chi connectivity index (χ0) is 17.7. The molecule has 1 aliphatic rings. The maximum Gasteiger partial charge on any atom is 0.290 e. The van der Waals surface area contributed by atoms with Crippen molar-refractivity contribution < 1.29 is 13.3 Å². The summed E-state index contributed by atoms with van der Waals surface area (Å²) >= 11 is 5.88. The number of likely N-dealkylation sites (tertiary alicyclic amines) is 1. The lowest BCUT2D eigenvalue weighted by Crippen LogP contribution is -2.36. The second kappa shape index (κ2) is 8.24. The van der Waals surface area contributed by atoms with E-state index in [-0.39, 0.29) is 11.6 Å². The molecule has 7 nitrogen and oxygen atoms in total. The number of nitrogens with one attached hydrogen (secondary N) is 1. The van der Waals surface area contributed by atoms with Crippen LogP contribution >= 0.6 is 11.6 Å². The topological polar surface area (TPSA) is 92.6 Å². The van der Waals surface area contributed by atoms with E-state index in [1.54, 1.807) is 0 Å². The molecule has 0 bridgehead atoms. The van der Waals surface area contributed by atoms with Gasteiger partial charge in [0.2, 0.25) is 10.0 Å². The molecule has 0 aliphatic carbocycles. The van der Waals surface area contributed by atoms with E-state index in [4.69, 9.17) is 11.6 Å². The molecule has 1 atom stereocenters. The van der Waals surface area contributed by atoms with Crippen molar-refractivity contribution >= 4 is 27.3 Å². The molecule has 24 heavy (non-hydrogen) atoms. The van der Waals surface area contributed by atoms with Crippen LogP contribution in [-0.4, -0.2) is 44.4 Å². The van der Waals surface area contributed by atoms with Crippen molar-refractivity contribution in [3.8, 4) is 0 Å². The smallest absolute Gasteiger partial charge is 0.290 e. The summed E-state index contributed by atoms with van der Waals surface area (Å²) in [5.74, 6) is 0.668. The molecule has 1 aromatic carbocycles. The Morgan fingerprint density at radius 1 is 1.46 bits per heavy atom. The minimum atomic E-state index is -4.02. The van der Waals surface area contributed by atoms with Crippen LogP contribution in [0.1, 0.15) is 26.2 Å². The molecule has 0 amide bonds. The van der Waals surface area contributed by atoms with E-state index in [0.29, 0.717) is 12.3 Å². The van der Waals surface area contributed by atoms with Crippen LogP contribution in [0, 0.1) is 16.0 Å². The average Bonchev–Trinajstić information content (AvgIpc) is 2.51. The fourth-order valence-electron chi connectivity index (χ4n) is 2.98. The van der Waals surface area contributed by atoms with Gasteiger partial charge in [-0.25, -0.2) is 13.1 Å². The second-order valence-electron chi connectivity index (χ2n) is 6.14. The van der Waals surface area contributed by atoms with E-state index in [0.717, 1.165) is 25.7 Å². The molecule has 0 saturated carbocycles. The normalized spacial score (nSPS) is 19.3. The lowest BCUT2D eigenvalue weighted by atomic mass is 10.0. The Morgan fingerprint density at radius 3 is 2.88 bits per heavy atom. The first-order valence-corrected chi connectivity index (χ1v) is 9.82. The van der Waals surface area contributed by atoms with E-state index < -0.39 is 25.5 Å². The number of piperidine rings is 1. The maximum absolute atomic E-state index is 12.4. The monoisotopic (exact) mass is 375 g/mol. The Morgan fingerprint density at radius 2 is 2.21 bits per heavy atom. The molecule has 134 valence electrons. The molecule has 2 rings (SSSR count). The van der Waals surface area contributed by atoms with Gasteiger partial charge in [0, 0.05) is 19.2 Å². The van der Waals surface area contributed by atoms with E-state index in [1.165, 1.54) is 25.0 Å². The minimum absolute atomic E-state index is 0.151. The third-order valence-corrected chi connectivity index (χ3v) is 6.07. The van der Waals surface area contributed by atoms with Crippen LogP contribution in [-0.2, 0) is 10.0 Å². The van der Waals surface area contributed by atoms with Crippen molar-refractivity contribution in [3.63, 3.8) is 0 Å². The number of nitro groups is 1. The minimum Gasteiger partial charge on any atom is -0.303 e. The van der Waals surface area contributed by atoms with Crippen molar-refractivity contribution in [3.05, 3.63) is 33.3 Å². The Labute approximate surface area is 147 Å². The molecule has 0 spiro atoms. The summed E-state index contributed by atoms with van der Waals surface area (Å²) in [6.07, 6.45) is 3.04. The molecular weight excluding hydrogens is 354 g/mol. The van der Waals surface area contributed by atoms with Crippen LogP contribution in [0.5, 0.6) is 0 Å². The Balaban J connectivity index is 1.96. The Kier molecular flexibility index (Phi) is 6.56. The Bertz CT molecular complexity index is 696. The van der Waals surface area contributed by atoms with Crippen LogP contribution in [0.4, 0.5) is 5.69 Å². The molecule has 9 heteroatoms. The highest BCUT2D eigenvalue weighted by Gasteiger charge is 2.28. The van der Waals surface area contributed by atoms with Gasteiger partial charge in [-0.15, -0.1) is 0 Å². The van der Waals surface area contributed by atoms with Crippen molar-refractivity contribution in [2.45, 2.75) is 31.1 Å². The fourth-order valence-corrected chi connectivity index (χ4v) is 4.75. The number of nitro benzene ring substituents is 1. The highest BCUT2D eigenvalue weighted by molar-refractivity contribution is 7.89. The van der Waals surface area contributed by atoms with Gasteiger partial charge in [0.1, 0.15) is 0 Å². The third-order valence-electron chi connectivity index (χ3n) is 4.10. The number of benzene rings is 1. The van der Waals surface area contributed by atoms with E-state index >= 15 is 0 Å². The quantitative estimate of drug-likeness (QED) is 0.449. The summed E-state index contributed by atoms with van der Waals surface area (Å²) in [6, 6.07) is 3.82. The third kappa shape index (κ3) is 4.89. The number of halogens is 1. The average molecular weight is 376 g/mol. The van der Waals surface area contributed by atoms with Gasteiger partial charge in [0.05, 0.1) is 9.95 Å².